The minimum absolute atomic E-state index is 0.0460. The van der Waals surface area contributed by atoms with Crippen LogP contribution in [0.5, 0.6) is 0 Å². The van der Waals surface area contributed by atoms with Gasteiger partial charge in [0.1, 0.15) is 24.8 Å². The van der Waals surface area contributed by atoms with Crippen LogP contribution in [0, 0.1) is 0 Å². The van der Waals surface area contributed by atoms with Crippen molar-refractivity contribution >= 4 is 42.6 Å². The molecule has 2 aromatic rings. The van der Waals surface area contributed by atoms with Gasteiger partial charge < -0.3 is 14.9 Å². The normalized spacial score (nSPS) is 17.5. The van der Waals surface area contributed by atoms with Crippen molar-refractivity contribution in [3.63, 3.8) is 0 Å². The second kappa shape index (κ2) is 11.3. The monoisotopic (exact) mass is 492 g/mol. The number of imide groups is 2. The first-order valence-corrected chi connectivity index (χ1v) is 11.2. The van der Waals surface area contributed by atoms with Crippen LogP contribution in [0.2, 0.25) is 0 Å². The molecule has 4 rings (SSSR count). The van der Waals surface area contributed by atoms with Crippen LogP contribution in [-0.4, -0.2) is 58.5 Å². The van der Waals surface area contributed by atoms with E-state index < -0.39 is 35.6 Å². The Kier molecular flexibility index (Phi) is 8.15. The third-order valence-electron chi connectivity index (χ3n) is 6.01. The number of hydrogen-bond acceptors (Lipinski definition) is 8. The Morgan fingerprint density at radius 2 is 1.89 bits per heavy atom. The first kappa shape index (κ1) is 26.1. The average molecular weight is 492 g/mol. The summed E-state index contributed by atoms with van der Waals surface area (Å²) < 4.78 is 0. The van der Waals surface area contributed by atoms with Crippen LogP contribution in [0.25, 0.3) is 0 Å². The first-order chi connectivity index (χ1) is 17.3. The van der Waals surface area contributed by atoms with Gasteiger partial charge in [-0.3, -0.25) is 39.2 Å². The minimum atomic E-state index is -1.03. The standard InChI is InChI=1S/C24H22N4O6.CH2O/c1-2-14(12-29)15-4-6-18(25-11-15)21(31)26-10-13-3-5-16-17(9-13)24(34)28(23(16)33)19-7-8-20(30)27-22(19)32;1-2/h3-6,9,11-12,14,19H,2,7-8,10H2,1H3,(H,26,31)(H,27,30,32);1H2. The topological polar surface area (TPSA) is 160 Å². The Morgan fingerprint density at radius 1 is 1.17 bits per heavy atom. The number of nitrogens with zero attached hydrogens (tertiary/aromatic N) is 2. The van der Waals surface area contributed by atoms with Gasteiger partial charge in [-0.1, -0.05) is 19.1 Å². The second-order valence-corrected chi connectivity index (χ2v) is 8.14. The number of nitrogens with one attached hydrogen (secondary N) is 2. The fourth-order valence-electron chi connectivity index (χ4n) is 4.07. The second-order valence-electron chi connectivity index (χ2n) is 8.14. The zero-order valence-corrected chi connectivity index (χ0v) is 19.5. The van der Waals surface area contributed by atoms with Gasteiger partial charge in [-0.05, 0) is 42.2 Å². The highest BCUT2D eigenvalue weighted by Crippen LogP contribution is 2.28. The number of benzene rings is 1. The molecule has 0 bridgehead atoms. The Hall–Kier alpha value is -4.54. The van der Waals surface area contributed by atoms with Gasteiger partial charge in [-0.2, -0.15) is 0 Å². The molecule has 1 aromatic heterocycles. The highest BCUT2D eigenvalue weighted by atomic mass is 16.2. The molecule has 1 saturated heterocycles. The number of rotatable bonds is 7. The lowest BCUT2D eigenvalue weighted by molar-refractivity contribution is -0.136. The fraction of sp³-hybridized carbons (Fsp3) is 0.280. The molecule has 11 heteroatoms. The molecule has 1 fully saturated rings. The predicted molar refractivity (Wildman–Crippen MR) is 125 cm³/mol. The van der Waals surface area contributed by atoms with Crippen molar-refractivity contribution in [2.75, 3.05) is 0 Å². The lowest BCUT2D eigenvalue weighted by Crippen LogP contribution is -2.54. The highest BCUT2D eigenvalue weighted by molar-refractivity contribution is 6.23. The van der Waals surface area contributed by atoms with E-state index in [1.165, 1.54) is 18.3 Å². The van der Waals surface area contributed by atoms with Crippen molar-refractivity contribution < 1.29 is 33.6 Å². The van der Waals surface area contributed by atoms with Gasteiger partial charge in [-0.15, -0.1) is 0 Å². The predicted octanol–water partition coefficient (Wildman–Crippen LogP) is 0.920. The maximum absolute atomic E-state index is 12.9. The summed E-state index contributed by atoms with van der Waals surface area (Å²) >= 11 is 0. The molecule has 2 N–H and O–H groups in total. The van der Waals surface area contributed by atoms with Gasteiger partial charge in [0, 0.05) is 25.1 Å². The van der Waals surface area contributed by atoms with Crippen molar-refractivity contribution in [3.8, 4) is 0 Å². The van der Waals surface area contributed by atoms with Crippen molar-refractivity contribution in [1.82, 2.24) is 20.5 Å². The summed E-state index contributed by atoms with van der Waals surface area (Å²) in [5.74, 6) is -3.01. The largest absolute Gasteiger partial charge is 0.347 e. The van der Waals surface area contributed by atoms with E-state index in [4.69, 9.17) is 4.79 Å². The van der Waals surface area contributed by atoms with Gasteiger partial charge in [0.2, 0.25) is 11.8 Å². The maximum Gasteiger partial charge on any atom is 0.270 e. The Balaban J connectivity index is 0.00000176. The van der Waals surface area contributed by atoms with E-state index >= 15 is 0 Å². The summed E-state index contributed by atoms with van der Waals surface area (Å²) in [6.45, 7) is 3.97. The molecule has 1 aromatic carbocycles. The number of fused-ring (bicyclic) bond motifs is 1. The minimum Gasteiger partial charge on any atom is -0.347 e. The quantitative estimate of drug-likeness (QED) is 0.426. The summed E-state index contributed by atoms with van der Waals surface area (Å²) in [5, 5.41) is 4.87. The Bertz CT molecular complexity index is 1230. The molecular weight excluding hydrogens is 468 g/mol. The molecule has 2 unspecified atom stereocenters. The number of piperidine rings is 1. The lowest BCUT2D eigenvalue weighted by atomic mass is 10.00. The zero-order valence-electron chi connectivity index (χ0n) is 19.5. The molecule has 0 radical (unpaired) electrons. The molecule has 2 atom stereocenters. The summed E-state index contributed by atoms with van der Waals surface area (Å²) in [6, 6.07) is 6.81. The van der Waals surface area contributed by atoms with Crippen LogP contribution >= 0.6 is 0 Å². The van der Waals surface area contributed by atoms with Crippen molar-refractivity contribution in [1.29, 1.82) is 0 Å². The number of aldehydes is 1. The molecule has 0 aliphatic carbocycles. The van der Waals surface area contributed by atoms with Crippen LogP contribution < -0.4 is 10.6 Å². The van der Waals surface area contributed by atoms with Gasteiger partial charge >= 0.3 is 0 Å². The van der Waals surface area contributed by atoms with Crippen LogP contribution in [0.1, 0.15) is 74.4 Å². The molecule has 2 aliphatic heterocycles. The number of amides is 5. The van der Waals surface area contributed by atoms with E-state index in [0.29, 0.717) is 12.0 Å². The Labute approximate surface area is 206 Å². The first-order valence-electron chi connectivity index (χ1n) is 11.2. The molecule has 186 valence electrons. The zero-order chi connectivity index (χ0) is 26.4. The fourth-order valence-corrected chi connectivity index (χ4v) is 4.07. The molecule has 5 amide bonds. The molecule has 11 nitrogen and oxygen atoms in total. The van der Waals surface area contributed by atoms with Gasteiger partial charge in [0.15, 0.2) is 0 Å². The van der Waals surface area contributed by atoms with Crippen molar-refractivity contribution in [2.45, 2.75) is 44.7 Å². The smallest absolute Gasteiger partial charge is 0.270 e. The highest BCUT2D eigenvalue weighted by Gasteiger charge is 2.44. The third-order valence-corrected chi connectivity index (χ3v) is 6.01. The molecule has 0 spiro atoms. The van der Waals surface area contributed by atoms with Crippen molar-refractivity contribution in [2.24, 2.45) is 0 Å². The van der Waals surface area contributed by atoms with Crippen LogP contribution in [0.15, 0.2) is 36.5 Å². The molecule has 2 aliphatic rings. The van der Waals surface area contributed by atoms with E-state index in [9.17, 15) is 28.8 Å². The number of pyridine rings is 1. The lowest BCUT2D eigenvalue weighted by Gasteiger charge is -2.27. The maximum atomic E-state index is 12.9. The van der Waals surface area contributed by atoms with Gasteiger partial charge in [-0.25, -0.2) is 0 Å². The van der Waals surface area contributed by atoms with Gasteiger partial charge in [0.05, 0.1) is 11.1 Å². The average Bonchev–Trinajstić information content (AvgIpc) is 3.14. The number of aromatic nitrogens is 1. The number of carbonyl (C=O) groups excluding carboxylic acids is 7. The van der Waals surface area contributed by atoms with E-state index in [2.05, 4.69) is 15.6 Å². The molecule has 36 heavy (non-hydrogen) atoms. The number of hydrogen-bond donors (Lipinski definition) is 2. The van der Waals surface area contributed by atoms with E-state index in [-0.39, 0.29) is 42.1 Å². The van der Waals surface area contributed by atoms with E-state index in [1.54, 1.807) is 18.2 Å². The van der Waals surface area contributed by atoms with Crippen LogP contribution in [0.4, 0.5) is 0 Å². The summed E-state index contributed by atoms with van der Waals surface area (Å²) in [6.07, 6.45) is 3.11. The van der Waals surface area contributed by atoms with E-state index in [1.807, 2.05) is 13.7 Å². The van der Waals surface area contributed by atoms with Gasteiger partial charge in [0.25, 0.3) is 17.7 Å². The summed E-state index contributed by atoms with van der Waals surface area (Å²) in [7, 11) is 0. The van der Waals surface area contributed by atoms with Crippen LogP contribution in [0.3, 0.4) is 0 Å². The van der Waals surface area contributed by atoms with Crippen molar-refractivity contribution in [3.05, 3.63) is 64.5 Å². The summed E-state index contributed by atoms with van der Waals surface area (Å²) in [5.41, 5.74) is 1.81. The third kappa shape index (κ3) is 5.09. The van der Waals surface area contributed by atoms with Crippen LogP contribution in [-0.2, 0) is 25.7 Å². The molecule has 0 saturated carbocycles. The molecular formula is C25H24N4O7. The SMILES string of the molecule is C=O.CCC(C=O)c1ccc(C(=O)NCc2ccc3c(c2)C(=O)N(C2CCC(=O)NC2=O)C3=O)nc1. The Morgan fingerprint density at radius 3 is 2.50 bits per heavy atom. The number of carbonyl (C=O) groups is 7. The summed E-state index contributed by atoms with van der Waals surface area (Å²) in [4.78, 5) is 85.8. The van der Waals surface area contributed by atoms with E-state index in [0.717, 1.165) is 16.7 Å². The molecule has 3 heterocycles.